The normalized spacial score (nSPS) is 12.3. The molecule has 0 aliphatic carbocycles. The maximum absolute atomic E-state index is 12.3. The molecule has 124 valence electrons. The Bertz CT molecular complexity index is 857. The topological polar surface area (TPSA) is 84.7 Å². The Morgan fingerprint density at radius 3 is 2.71 bits per heavy atom. The highest BCUT2D eigenvalue weighted by Gasteiger charge is 2.20. The molecule has 1 unspecified atom stereocenters. The van der Waals surface area contributed by atoms with Gasteiger partial charge in [0.15, 0.2) is 5.82 Å². The van der Waals surface area contributed by atoms with Gasteiger partial charge in [-0.2, -0.15) is 5.10 Å². The predicted octanol–water partition coefficient (Wildman–Crippen LogP) is 2.88. The second-order valence-corrected chi connectivity index (χ2v) is 6.06. The monoisotopic (exact) mass is 324 g/mol. The van der Waals surface area contributed by atoms with E-state index in [9.17, 15) is 4.79 Å². The fourth-order valence-corrected chi connectivity index (χ4v) is 2.57. The summed E-state index contributed by atoms with van der Waals surface area (Å²) < 4.78 is 1.72. The van der Waals surface area contributed by atoms with E-state index in [1.54, 1.807) is 16.9 Å². The summed E-state index contributed by atoms with van der Waals surface area (Å²) in [5.74, 6) is 0.641. The second kappa shape index (κ2) is 6.66. The van der Waals surface area contributed by atoms with Crippen LogP contribution in [0, 0.1) is 5.92 Å². The lowest BCUT2D eigenvalue weighted by molar-refractivity contribution is 0.244. The number of hydrogen-bond donors (Lipinski definition) is 2. The van der Waals surface area contributed by atoms with Crippen LogP contribution < -0.4 is 10.6 Å². The van der Waals surface area contributed by atoms with Crippen molar-refractivity contribution in [3.63, 3.8) is 0 Å². The number of rotatable bonds is 4. The number of fused-ring (bicyclic) bond motifs is 1. The number of urea groups is 1. The lowest BCUT2D eigenvalue weighted by Crippen LogP contribution is -2.35. The molecule has 0 fully saturated rings. The van der Waals surface area contributed by atoms with Crippen LogP contribution in [0.1, 0.15) is 25.5 Å². The van der Waals surface area contributed by atoms with Gasteiger partial charge in [0, 0.05) is 24.2 Å². The summed E-state index contributed by atoms with van der Waals surface area (Å²) in [6.07, 6.45) is 3.67. The molecular weight excluding hydrogens is 304 g/mol. The van der Waals surface area contributed by atoms with Crippen LogP contribution in [0.3, 0.4) is 0 Å². The van der Waals surface area contributed by atoms with Crippen molar-refractivity contribution in [2.24, 2.45) is 13.0 Å². The van der Waals surface area contributed by atoms with Gasteiger partial charge in [-0.3, -0.25) is 10.00 Å². The Labute approximate surface area is 140 Å². The number of amides is 2. The fraction of sp³-hybridized carbons (Fsp3) is 0.294. The van der Waals surface area contributed by atoms with Crippen molar-refractivity contribution >= 4 is 22.8 Å². The molecule has 0 aliphatic heterocycles. The van der Waals surface area contributed by atoms with Crippen LogP contribution >= 0.6 is 0 Å². The first-order valence-electron chi connectivity index (χ1n) is 7.81. The molecule has 0 saturated carbocycles. The summed E-state index contributed by atoms with van der Waals surface area (Å²) in [7, 11) is 1.85. The predicted molar refractivity (Wildman–Crippen MR) is 92.5 cm³/mol. The molecule has 2 N–H and O–H groups in total. The smallest absolute Gasteiger partial charge is 0.320 e. The third kappa shape index (κ3) is 3.51. The van der Waals surface area contributed by atoms with Gasteiger partial charge < -0.3 is 5.32 Å². The summed E-state index contributed by atoms with van der Waals surface area (Å²) in [4.78, 5) is 12.3. The van der Waals surface area contributed by atoms with Crippen LogP contribution in [0.25, 0.3) is 10.9 Å². The molecular formula is C17H20N6O. The van der Waals surface area contributed by atoms with Gasteiger partial charge >= 0.3 is 6.03 Å². The molecule has 2 aromatic heterocycles. The molecule has 0 bridgehead atoms. The average Bonchev–Trinajstić information content (AvgIpc) is 2.98. The third-order valence-electron chi connectivity index (χ3n) is 3.77. The number of benzene rings is 1. The molecule has 3 aromatic rings. The van der Waals surface area contributed by atoms with Gasteiger partial charge in [-0.1, -0.05) is 32.0 Å². The van der Waals surface area contributed by atoms with Gasteiger partial charge in [0.2, 0.25) is 0 Å². The summed E-state index contributed by atoms with van der Waals surface area (Å²) in [6, 6.07) is 8.98. The Hall–Kier alpha value is -2.96. The molecule has 2 amide bonds. The fourth-order valence-electron chi connectivity index (χ4n) is 2.57. The number of aryl methyl sites for hydroxylation is 1. The van der Waals surface area contributed by atoms with Crippen molar-refractivity contribution in [2.75, 3.05) is 5.32 Å². The second-order valence-electron chi connectivity index (χ2n) is 6.06. The van der Waals surface area contributed by atoms with Gasteiger partial charge in [0.25, 0.3) is 0 Å². The average molecular weight is 324 g/mol. The largest absolute Gasteiger partial charge is 0.331 e. The molecule has 3 rings (SSSR count). The standard InChI is InChI=1S/C17H20N6O/c1-11(2)16(13-9-18-23(3)10-13)20-17(24)19-15-8-12-6-4-5-7-14(12)21-22-15/h4-11,16H,1-3H3,(H2,19,20,22,24). The zero-order valence-corrected chi connectivity index (χ0v) is 13.9. The minimum atomic E-state index is -0.317. The van der Waals surface area contributed by atoms with Crippen molar-refractivity contribution in [1.29, 1.82) is 0 Å². The van der Waals surface area contributed by atoms with Crippen LogP contribution in [0.5, 0.6) is 0 Å². The van der Waals surface area contributed by atoms with E-state index in [1.807, 2.05) is 51.4 Å². The minimum absolute atomic E-state index is 0.132. The molecule has 0 radical (unpaired) electrons. The molecule has 0 spiro atoms. The number of carbonyl (C=O) groups excluding carboxylic acids is 1. The molecule has 0 aliphatic rings. The van der Waals surface area contributed by atoms with Crippen LogP contribution in [0.4, 0.5) is 10.6 Å². The lowest BCUT2D eigenvalue weighted by atomic mass is 9.99. The van der Waals surface area contributed by atoms with Crippen LogP contribution in [0.15, 0.2) is 42.7 Å². The van der Waals surface area contributed by atoms with E-state index in [2.05, 4.69) is 25.9 Å². The van der Waals surface area contributed by atoms with E-state index >= 15 is 0 Å². The van der Waals surface area contributed by atoms with Crippen molar-refractivity contribution in [2.45, 2.75) is 19.9 Å². The highest BCUT2D eigenvalue weighted by molar-refractivity contribution is 5.90. The molecule has 2 heterocycles. The SMILES string of the molecule is CC(C)C(NC(=O)Nc1cc2ccccc2nn1)c1cnn(C)c1. The van der Waals surface area contributed by atoms with E-state index < -0.39 is 0 Å². The Morgan fingerprint density at radius 2 is 2.00 bits per heavy atom. The van der Waals surface area contributed by atoms with E-state index in [-0.39, 0.29) is 18.0 Å². The van der Waals surface area contributed by atoms with E-state index in [0.29, 0.717) is 5.82 Å². The maximum atomic E-state index is 12.3. The Kier molecular flexibility index (Phi) is 4.41. The number of nitrogens with zero attached hydrogens (tertiary/aromatic N) is 4. The van der Waals surface area contributed by atoms with Gasteiger partial charge in [-0.15, -0.1) is 10.2 Å². The zero-order valence-electron chi connectivity index (χ0n) is 13.9. The van der Waals surface area contributed by atoms with Crippen LogP contribution in [0.2, 0.25) is 0 Å². The molecule has 0 saturated heterocycles. The van der Waals surface area contributed by atoms with E-state index in [4.69, 9.17) is 0 Å². The molecule has 7 heteroatoms. The first kappa shape index (κ1) is 15.9. The van der Waals surface area contributed by atoms with Gasteiger partial charge in [0.1, 0.15) is 0 Å². The van der Waals surface area contributed by atoms with Gasteiger partial charge in [-0.05, 0) is 18.1 Å². The summed E-state index contributed by atoms with van der Waals surface area (Å²) in [5.41, 5.74) is 1.76. The number of hydrogen-bond acceptors (Lipinski definition) is 4. The lowest BCUT2D eigenvalue weighted by Gasteiger charge is -2.21. The summed E-state index contributed by atoms with van der Waals surface area (Å²) in [5, 5.41) is 19.0. The number of carbonyl (C=O) groups is 1. The van der Waals surface area contributed by atoms with Crippen LogP contribution in [-0.2, 0) is 7.05 Å². The van der Waals surface area contributed by atoms with Crippen molar-refractivity contribution in [3.8, 4) is 0 Å². The number of aromatic nitrogens is 4. The number of nitrogens with one attached hydrogen (secondary N) is 2. The highest BCUT2D eigenvalue weighted by atomic mass is 16.2. The third-order valence-corrected chi connectivity index (χ3v) is 3.77. The quantitative estimate of drug-likeness (QED) is 0.773. The molecule has 24 heavy (non-hydrogen) atoms. The molecule has 1 atom stereocenters. The Balaban J connectivity index is 1.73. The minimum Gasteiger partial charge on any atom is -0.331 e. The highest BCUT2D eigenvalue weighted by Crippen LogP contribution is 2.21. The first-order chi connectivity index (χ1) is 11.5. The van der Waals surface area contributed by atoms with Crippen molar-refractivity contribution < 1.29 is 4.79 Å². The molecule has 1 aromatic carbocycles. The maximum Gasteiger partial charge on any atom is 0.320 e. The summed E-state index contributed by atoms with van der Waals surface area (Å²) >= 11 is 0. The van der Waals surface area contributed by atoms with Crippen LogP contribution in [-0.4, -0.2) is 26.0 Å². The number of anilines is 1. The van der Waals surface area contributed by atoms with Crippen molar-refractivity contribution in [1.82, 2.24) is 25.3 Å². The Morgan fingerprint density at radius 1 is 1.21 bits per heavy atom. The molecule has 7 nitrogen and oxygen atoms in total. The zero-order chi connectivity index (χ0) is 17.1. The first-order valence-corrected chi connectivity index (χ1v) is 7.81. The van der Waals surface area contributed by atoms with Gasteiger partial charge in [-0.25, -0.2) is 4.79 Å². The van der Waals surface area contributed by atoms with Crippen molar-refractivity contribution in [3.05, 3.63) is 48.3 Å². The van der Waals surface area contributed by atoms with Gasteiger partial charge in [0.05, 0.1) is 17.8 Å². The van der Waals surface area contributed by atoms with E-state index in [1.165, 1.54) is 0 Å². The summed E-state index contributed by atoms with van der Waals surface area (Å²) in [6.45, 7) is 4.10. The van der Waals surface area contributed by atoms with E-state index in [0.717, 1.165) is 16.5 Å².